The lowest BCUT2D eigenvalue weighted by atomic mass is 9.70. The highest BCUT2D eigenvalue weighted by molar-refractivity contribution is 9.09. The van der Waals surface area contributed by atoms with Gasteiger partial charge in [0.15, 0.2) is 0 Å². The van der Waals surface area contributed by atoms with Gasteiger partial charge in [0.2, 0.25) is 11.8 Å². The zero-order valence-electron chi connectivity index (χ0n) is 29.2. The number of nitrogens with one attached hydrogen (secondary N) is 1. The summed E-state index contributed by atoms with van der Waals surface area (Å²) in [6, 6.07) is 12.5. The van der Waals surface area contributed by atoms with E-state index in [0.29, 0.717) is 24.8 Å². The first kappa shape index (κ1) is 37.5. The molecule has 2 aromatic carbocycles. The molecule has 11 heteroatoms. The average molecular weight is 751 g/mol. The van der Waals surface area contributed by atoms with Gasteiger partial charge in [-0.1, -0.05) is 83.5 Å². The van der Waals surface area contributed by atoms with Crippen LogP contribution < -0.4 is 10.2 Å². The molecule has 2 N–H and O–H groups in total. The highest BCUT2D eigenvalue weighted by atomic mass is 79.9. The van der Waals surface area contributed by atoms with E-state index < -0.39 is 59.6 Å². The lowest BCUT2D eigenvalue weighted by Gasteiger charge is -2.39. The van der Waals surface area contributed by atoms with Crippen molar-refractivity contribution in [2.45, 2.75) is 94.1 Å². The van der Waals surface area contributed by atoms with Gasteiger partial charge in [0.25, 0.3) is 5.91 Å². The monoisotopic (exact) mass is 749 g/mol. The number of carbonyl (C=O) groups is 4. The van der Waals surface area contributed by atoms with Crippen LogP contribution in [0, 0.1) is 25.7 Å². The number of esters is 1. The number of anilines is 1. The number of nitrogens with zero attached hydrogens (tertiary/aromatic N) is 2. The molecule has 5 rings (SSSR count). The van der Waals surface area contributed by atoms with Crippen molar-refractivity contribution >= 4 is 45.3 Å². The van der Waals surface area contributed by atoms with E-state index >= 15 is 4.79 Å². The Morgan fingerprint density at radius 3 is 2.42 bits per heavy atom. The molecule has 1 spiro atoms. The number of likely N-dealkylation sites (tertiary alicyclic amines) is 1. The number of hydrogen-bond acceptors (Lipinski definition) is 7. The number of carbonyl (C=O) groups excluding carboxylic acids is 4. The van der Waals surface area contributed by atoms with Crippen LogP contribution in [0.5, 0.6) is 0 Å². The van der Waals surface area contributed by atoms with Crippen LogP contribution >= 0.6 is 15.9 Å². The summed E-state index contributed by atoms with van der Waals surface area (Å²) in [5.74, 6) is -3.71. The van der Waals surface area contributed by atoms with Gasteiger partial charge in [-0.05, 0) is 56.7 Å². The first-order valence-corrected chi connectivity index (χ1v) is 18.3. The first-order chi connectivity index (χ1) is 23.9. The third-order valence-electron chi connectivity index (χ3n) is 10.4. The van der Waals surface area contributed by atoms with Gasteiger partial charge in [-0.15, -0.1) is 13.2 Å². The maximum Gasteiger partial charge on any atom is 0.313 e. The number of benzene rings is 2. The Kier molecular flexibility index (Phi) is 11.7. The topological polar surface area (TPSA) is 125 Å². The maximum atomic E-state index is 15.0. The summed E-state index contributed by atoms with van der Waals surface area (Å²) in [6.07, 6.45) is 3.14. The van der Waals surface area contributed by atoms with Gasteiger partial charge >= 0.3 is 5.97 Å². The van der Waals surface area contributed by atoms with Crippen molar-refractivity contribution < 1.29 is 33.8 Å². The minimum absolute atomic E-state index is 0.182. The minimum Gasteiger partial charge on any atom is -0.455 e. The number of halogens is 1. The minimum atomic E-state index is -1.36. The number of allylic oxidation sites excluding steroid dienone is 1. The fraction of sp³-hybridized carbons (Fsp3) is 0.487. The first-order valence-electron chi connectivity index (χ1n) is 17.3. The summed E-state index contributed by atoms with van der Waals surface area (Å²) in [4.78, 5) is 59.6. The van der Waals surface area contributed by atoms with Crippen LogP contribution in [0.2, 0.25) is 0 Å². The van der Waals surface area contributed by atoms with E-state index in [4.69, 9.17) is 9.47 Å². The molecule has 3 saturated heterocycles. The molecule has 0 aliphatic carbocycles. The molecule has 3 aliphatic heterocycles. The van der Waals surface area contributed by atoms with Crippen LogP contribution in [0.3, 0.4) is 0 Å². The number of aliphatic hydroxyl groups is 1. The second kappa shape index (κ2) is 15.6. The van der Waals surface area contributed by atoms with E-state index in [9.17, 15) is 19.5 Å². The molecule has 0 aromatic heterocycles. The van der Waals surface area contributed by atoms with E-state index in [0.717, 1.165) is 16.8 Å². The Morgan fingerprint density at radius 1 is 1.14 bits per heavy atom. The maximum absolute atomic E-state index is 15.0. The number of rotatable bonds is 15. The van der Waals surface area contributed by atoms with Crippen LogP contribution in [0.15, 0.2) is 73.8 Å². The summed E-state index contributed by atoms with van der Waals surface area (Å²) in [7, 11) is 0. The normalized spacial score (nSPS) is 26.9. The fourth-order valence-electron chi connectivity index (χ4n) is 8.16. The van der Waals surface area contributed by atoms with Gasteiger partial charge in [0.1, 0.15) is 17.7 Å². The molecule has 1 unspecified atom stereocenters. The summed E-state index contributed by atoms with van der Waals surface area (Å²) >= 11 is 3.74. The number of alkyl halides is 1. The quantitative estimate of drug-likeness (QED) is 0.148. The Balaban J connectivity index is 1.55. The van der Waals surface area contributed by atoms with E-state index in [2.05, 4.69) is 34.4 Å². The molecular weight excluding hydrogens is 702 g/mol. The molecular formula is C39H48BrN3O7. The standard InChI is InChI=1S/C39H48BrN3O7/c1-7-10-19-29(45)41-25(6)33(26-17-12-11-13-18-26)49-38(48)30-31-36(46)43(27(9-3)22-44)35(39(31)21-28(40)34(30)50-39)37(47)42(20-8-2)32-23(4)15-14-16-24(32)5/h7-8,11-18,25,27-28,30-31,33-35,44H,1-2,9-10,19-22H2,3-6H3,(H,41,45)/t25-,27+,28?,30-,31+,33-,34-,35-,39+/m1/s1. The molecule has 0 saturated carbocycles. The Hall–Kier alpha value is -3.80. The largest absolute Gasteiger partial charge is 0.455 e. The highest BCUT2D eigenvalue weighted by Gasteiger charge is 2.77. The third-order valence-corrected chi connectivity index (χ3v) is 11.2. The van der Waals surface area contributed by atoms with Gasteiger partial charge in [-0.3, -0.25) is 19.2 Å². The van der Waals surface area contributed by atoms with Crippen LogP contribution in [-0.4, -0.2) is 81.5 Å². The van der Waals surface area contributed by atoms with Crippen molar-refractivity contribution in [2.24, 2.45) is 11.8 Å². The zero-order chi connectivity index (χ0) is 36.3. The van der Waals surface area contributed by atoms with E-state index in [-0.39, 0.29) is 36.2 Å². The molecule has 2 bridgehead atoms. The fourth-order valence-corrected chi connectivity index (χ4v) is 9.11. The lowest BCUT2D eigenvalue weighted by molar-refractivity contribution is -0.162. The van der Waals surface area contributed by atoms with Crippen LogP contribution in [0.4, 0.5) is 5.69 Å². The predicted molar refractivity (Wildman–Crippen MR) is 194 cm³/mol. The third kappa shape index (κ3) is 6.67. The molecule has 0 radical (unpaired) electrons. The van der Waals surface area contributed by atoms with Crippen molar-refractivity contribution in [3.63, 3.8) is 0 Å². The molecule has 10 nitrogen and oxygen atoms in total. The number of para-hydroxylation sites is 1. The van der Waals surface area contributed by atoms with Crippen molar-refractivity contribution in [2.75, 3.05) is 18.1 Å². The molecule has 3 amide bonds. The van der Waals surface area contributed by atoms with Crippen molar-refractivity contribution in [3.8, 4) is 0 Å². The van der Waals surface area contributed by atoms with Crippen molar-refractivity contribution in [1.29, 1.82) is 0 Å². The molecule has 3 aliphatic rings. The Bertz CT molecular complexity index is 1590. The number of aliphatic hydroxyl groups excluding tert-OH is 1. The lowest BCUT2D eigenvalue weighted by Crippen LogP contribution is -2.59. The van der Waals surface area contributed by atoms with Crippen LogP contribution in [0.25, 0.3) is 0 Å². The SMILES string of the molecule is C=CCCC(=O)N[C@H](C)[C@@H](OC(=O)[C@H]1[C@@H]2O[C@@]3(CC2Br)[C@@H]1C(=O)N([C@@H](CC)CO)[C@@H]3C(=O)N(CC=C)c1c(C)cccc1C)c1ccccc1. The summed E-state index contributed by atoms with van der Waals surface area (Å²) in [6.45, 7) is 14.9. The summed E-state index contributed by atoms with van der Waals surface area (Å²) in [5.41, 5.74) is 1.80. The number of hydrogen-bond donors (Lipinski definition) is 2. The summed E-state index contributed by atoms with van der Waals surface area (Å²) in [5, 5.41) is 13.5. The van der Waals surface area contributed by atoms with Crippen molar-refractivity contribution in [1.82, 2.24) is 10.2 Å². The molecule has 9 atom stereocenters. The molecule has 268 valence electrons. The van der Waals surface area contributed by atoms with Gasteiger partial charge < -0.3 is 29.7 Å². The zero-order valence-corrected chi connectivity index (χ0v) is 30.8. The van der Waals surface area contributed by atoms with Crippen LogP contribution in [0.1, 0.15) is 62.3 Å². The molecule has 50 heavy (non-hydrogen) atoms. The van der Waals surface area contributed by atoms with Gasteiger partial charge in [-0.2, -0.15) is 0 Å². The number of aryl methyl sites for hydroxylation is 2. The Labute approximate surface area is 303 Å². The molecule has 3 heterocycles. The van der Waals surface area contributed by atoms with Crippen LogP contribution in [-0.2, 0) is 28.7 Å². The molecule has 2 aromatic rings. The number of ether oxygens (including phenoxy) is 2. The van der Waals surface area contributed by atoms with E-state index in [1.807, 2.05) is 69.3 Å². The highest BCUT2D eigenvalue weighted by Crippen LogP contribution is 2.61. The second-order valence-corrected chi connectivity index (χ2v) is 14.8. The van der Waals surface area contributed by atoms with Gasteiger partial charge in [0, 0.05) is 23.5 Å². The number of fused-ring (bicyclic) bond motifs is 1. The second-order valence-electron chi connectivity index (χ2n) is 13.6. The molecule has 3 fully saturated rings. The van der Waals surface area contributed by atoms with Gasteiger partial charge in [0.05, 0.1) is 36.6 Å². The summed E-state index contributed by atoms with van der Waals surface area (Å²) < 4.78 is 13.0. The Morgan fingerprint density at radius 2 is 1.82 bits per heavy atom. The van der Waals surface area contributed by atoms with E-state index in [1.54, 1.807) is 24.0 Å². The van der Waals surface area contributed by atoms with E-state index in [1.165, 1.54) is 4.90 Å². The van der Waals surface area contributed by atoms with Crippen molar-refractivity contribution in [3.05, 3.63) is 90.5 Å². The number of amides is 3. The predicted octanol–water partition coefficient (Wildman–Crippen LogP) is 5.10. The average Bonchev–Trinajstić information content (AvgIpc) is 3.69. The smallest absolute Gasteiger partial charge is 0.313 e. The van der Waals surface area contributed by atoms with Gasteiger partial charge in [-0.25, -0.2) is 0 Å².